The standard InChI is InChI=1S/C17H27NO4/c1-3-5-9-18(10-6-4-2)11-12-22-17(21)15-8-7-14(19)13-16(15)20/h7-8,13,19-20H,3-6,9-12H2,1-2H3. The van der Waals surface area contributed by atoms with Gasteiger partial charge in [0.2, 0.25) is 0 Å². The first-order valence-electron chi connectivity index (χ1n) is 8.00. The Hall–Kier alpha value is -1.75. The van der Waals surface area contributed by atoms with Crippen molar-refractivity contribution >= 4 is 5.97 Å². The molecule has 1 aromatic rings. The quantitative estimate of drug-likeness (QED) is 0.650. The van der Waals surface area contributed by atoms with Crippen molar-refractivity contribution in [1.82, 2.24) is 4.90 Å². The van der Waals surface area contributed by atoms with Crippen molar-refractivity contribution in [3.8, 4) is 11.5 Å². The average molecular weight is 309 g/mol. The van der Waals surface area contributed by atoms with Crippen molar-refractivity contribution in [3.63, 3.8) is 0 Å². The van der Waals surface area contributed by atoms with E-state index in [0.29, 0.717) is 13.2 Å². The Balaban J connectivity index is 2.44. The lowest BCUT2D eigenvalue weighted by atomic mass is 10.2. The fourth-order valence-electron chi connectivity index (χ4n) is 2.14. The lowest BCUT2D eigenvalue weighted by Gasteiger charge is -2.21. The summed E-state index contributed by atoms with van der Waals surface area (Å²) in [6, 6.07) is 3.84. The van der Waals surface area contributed by atoms with Gasteiger partial charge in [0.25, 0.3) is 0 Å². The third kappa shape index (κ3) is 6.35. The monoisotopic (exact) mass is 309 g/mol. The van der Waals surface area contributed by atoms with Crippen LogP contribution in [0.2, 0.25) is 0 Å². The van der Waals surface area contributed by atoms with Crippen LogP contribution in [0.3, 0.4) is 0 Å². The maximum absolute atomic E-state index is 11.9. The molecule has 0 atom stereocenters. The van der Waals surface area contributed by atoms with Crippen molar-refractivity contribution in [3.05, 3.63) is 23.8 Å². The zero-order valence-electron chi connectivity index (χ0n) is 13.5. The fourth-order valence-corrected chi connectivity index (χ4v) is 2.14. The van der Waals surface area contributed by atoms with Crippen LogP contribution >= 0.6 is 0 Å². The summed E-state index contributed by atoms with van der Waals surface area (Å²) in [6.45, 7) is 7.34. The minimum atomic E-state index is -0.566. The molecule has 2 N–H and O–H groups in total. The van der Waals surface area contributed by atoms with Gasteiger partial charge in [0.15, 0.2) is 0 Å². The van der Waals surface area contributed by atoms with Gasteiger partial charge in [-0.1, -0.05) is 26.7 Å². The Morgan fingerprint density at radius 1 is 1.09 bits per heavy atom. The van der Waals surface area contributed by atoms with Gasteiger partial charge in [0.1, 0.15) is 23.7 Å². The summed E-state index contributed by atoms with van der Waals surface area (Å²) in [5, 5.41) is 18.8. The van der Waals surface area contributed by atoms with Crippen LogP contribution in [-0.4, -0.2) is 47.3 Å². The molecule has 0 unspecified atom stereocenters. The minimum absolute atomic E-state index is 0.0754. The van der Waals surface area contributed by atoms with Gasteiger partial charge >= 0.3 is 5.97 Å². The molecule has 0 radical (unpaired) electrons. The molecule has 1 aromatic carbocycles. The smallest absolute Gasteiger partial charge is 0.341 e. The molecule has 0 saturated heterocycles. The van der Waals surface area contributed by atoms with E-state index < -0.39 is 5.97 Å². The number of hydrogen-bond donors (Lipinski definition) is 2. The van der Waals surface area contributed by atoms with Crippen molar-refractivity contribution < 1.29 is 19.7 Å². The highest BCUT2D eigenvalue weighted by Gasteiger charge is 2.13. The summed E-state index contributed by atoms with van der Waals surface area (Å²) >= 11 is 0. The Morgan fingerprint density at radius 3 is 2.27 bits per heavy atom. The van der Waals surface area contributed by atoms with Crippen LogP contribution in [0.1, 0.15) is 49.9 Å². The number of aromatic hydroxyl groups is 2. The summed E-state index contributed by atoms with van der Waals surface area (Å²) in [7, 11) is 0. The second-order valence-electron chi connectivity index (χ2n) is 5.39. The van der Waals surface area contributed by atoms with Crippen LogP contribution in [0.4, 0.5) is 0 Å². The van der Waals surface area contributed by atoms with E-state index in [1.165, 1.54) is 12.1 Å². The number of benzene rings is 1. The van der Waals surface area contributed by atoms with Gasteiger partial charge in [0, 0.05) is 12.6 Å². The van der Waals surface area contributed by atoms with Crippen LogP contribution in [0.5, 0.6) is 11.5 Å². The first-order valence-corrected chi connectivity index (χ1v) is 8.00. The van der Waals surface area contributed by atoms with E-state index in [0.717, 1.165) is 44.8 Å². The van der Waals surface area contributed by atoms with Crippen LogP contribution < -0.4 is 0 Å². The van der Waals surface area contributed by atoms with Gasteiger partial charge < -0.3 is 14.9 Å². The number of ether oxygens (including phenoxy) is 1. The molecule has 5 heteroatoms. The number of phenolic OH excluding ortho intramolecular Hbond substituents is 2. The number of esters is 1. The number of carbonyl (C=O) groups excluding carboxylic acids is 1. The number of nitrogens with zero attached hydrogens (tertiary/aromatic N) is 1. The maximum atomic E-state index is 11.9. The van der Waals surface area contributed by atoms with E-state index in [1.54, 1.807) is 0 Å². The summed E-state index contributed by atoms with van der Waals surface area (Å²) in [4.78, 5) is 14.2. The Bertz CT molecular complexity index is 454. The van der Waals surface area contributed by atoms with Crippen LogP contribution in [0.25, 0.3) is 0 Å². The predicted molar refractivity (Wildman–Crippen MR) is 86.3 cm³/mol. The minimum Gasteiger partial charge on any atom is -0.508 e. The zero-order chi connectivity index (χ0) is 16.4. The molecule has 0 aliphatic carbocycles. The molecular formula is C17H27NO4. The van der Waals surface area contributed by atoms with Crippen molar-refractivity contribution in [2.75, 3.05) is 26.2 Å². The molecule has 0 spiro atoms. The molecule has 0 amide bonds. The van der Waals surface area contributed by atoms with Gasteiger partial charge in [-0.25, -0.2) is 4.79 Å². The molecule has 22 heavy (non-hydrogen) atoms. The molecular weight excluding hydrogens is 282 g/mol. The van der Waals surface area contributed by atoms with Crippen molar-refractivity contribution in [1.29, 1.82) is 0 Å². The molecule has 0 bridgehead atoms. The molecule has 0 saturated carbocycles. The highest BCUT2D eigenvalue weighted by atomic mass is 16.5. The lowest BCUT2D eigenvalue weighted by Crippen LogP contribution is -2.30. The molecule has 0 aliphatic rings. The third-order valence-corrected chi connectivity index (χ3v) is 3.50. The molecule has 124 valence electrons. The number of hydrogen-bond acceptors (Lipinski definition) is 5. The van der Waals surface area contributed by atoms with Crippen molar-refractivity contribution in [2.24, 2.45) is 0 Å². The molecule has 0 aliphatic heterocycles. The van der Waals surface area contributed by atoms with E-state index in [1.807, 2.05) is 0 Å². The largest absolute Gasteiger partial charge is 0.508 e. The van der Waals surface area contributed by atoms with Crippen LogP contribution in [-0.2, 0) is 4.74 Å². The molecule has 0 aromatic heterocycles. The summed E-state index contributed by atoms with van der Waals surface area (Å²) in [5.41, 5.74) is 0.0754. The fraction of sp³-hybridized carbons (Fsp3) is 0.588. The van der Waals surface area contributed by atoms with Crippen LogP contribution in [0.15, 0.2) is 18.2 Å². The Morgan fingerprint density at radius 2 is 1.73 bits per heavy atom. The van der Waals surface area contributed by atoms with E-state index in [2.05, 4.69) is 18.7 Å². The summed E-state index contributed by atoms with van der Waals surface area (Å²) < 4.78 is 5.22. The van der Waals surface area contributed by atoms with Gasteiger partial charge in [-0.3, -0.25) is 4.90 Å². The highest BCUT2D eigenvalue weighted by molar-refractivity contribution is 5.92. The number of phenols is 2. The van der Waals surface area contributed by atoms with Gasteiger partial charge in [-0.05, 0) is 38.1 Å². The highest BCUT2D eigenvalue weighted by Crippen LogP contribution is 2.23. The summed E-state index contributed by atoms with van der Waals surface area (Å²) in [6.07, 6.45) is 4.56. The van der Waals surface area contributed by atoms with E-state index >= 15 is 0 Å². The number of rotatable bonds is 10. The molecule has 0 heterocycles. The van der Waals surface area contributed by atoms with Crippen molar-refractivity contribution in [2.45, 2.75) is 39.5 Å². The zero-order valence-corrected chi connectivity index (χ0v) is 13.5. The first kappa shape index (κ1) is 18.3. The lowest BCUT2D eigenvalue weighted by molar-refractivity contribution is 0.0457. The molecule has 5 nitrogen and oxygen atoms in total. The topological polar surface area (TPSA) is 70.0 Å². The van der Waals surface area contributed by atoms with Gasteiger partial charge in [-0.15, -0.1) is 0 Å². The Kier molecular flexibility index (Phi) is 8.36. The average Bonchev–Trinajstić information content (AvgIpc) is 2.49. The van der Waals surface area contributed by atoms with Crippen LogP contribution in [0, 0.1) is 0 Å². The molecule has 0 fully saturated rings. The van der Waals surface area contributed by atoms with E-state index in [9.17, 15) is 15.0 Å². The normalized spacial score (nSPS) is 10.9. The molecule has 1 rings (SSSR count). The predicted octanol–water partition coefficient (Wildman–Crippen LogP) is 3.16. The van der Waals surface area contributed by atoms with Gasteiger partial charge in [-0.2, -0.15) is 0 Å². The van der Waals surface area contributed by atoms with E-state index in [-0.39, 0.29) is 17.1 Å². The SMILES string of the molecule is CCCCN(CCCC)CCOC(=O)c1ccc(O)cc1O. The second-order valence-corrected chi connectivity index (χ2v) is 5.39. The Labute approximate surface area is 132 Å². The maximum Gasteiger partial charge on any atom is 0.341 e. The number of unbranched alkanes of at least 4 members (excludes halogenated alkanes) is 2. The van der Waals surface area contributed by atoms with E-state index in [4.69, 9.17) is 4.74 Å². The first-order chi connectivity index (χ1) is 10.6. The second kappa shape index (κ2) is 10.1. The van der Waals surface area contributed by atoms with Gasteiger partial charge in [0.05, 0.1) is 0 Å². The summed E-state index contributed by atoms with van der Waals surface area (Å²) in [5.74, 6) is -0.915. The third-order valence-electron chi connectivity index (χ3n) is 3.50. The number of carbonyl (C=O) groups is 1.